The molecule has 0 aromatic heterocycles. The number of benzene rings is 2. The molecule has 0 saturated heterocycles. The quantitative estimate of drug-likeness (QED) is 0.784. The molecule has 0 radical (unpaired) electrons. The molecule has 2 rings (SSSR count). The Bertz CT molecular complexity index is 531. The molecular weight excluding hydrogens is 266 g/mol. The van der Waals surface area contributed by atoms with Gasteiger partial charge in [-0.05, 0) is 31.2 Å². The number of aliphatic hydroxyl groups is 1. The molecule has 0 aliphatic rings. The third kappa shape index (κ3) is 5.36. The number of nitrogens with one attached hydrogen (secondary N) is 1. The third-order valence-corrected chi connectivity index (χ3v) is 2.87. The minimum Gasteiger partial charge on any atom is -0.494 e. The molecule has 0 spiro atoms. The van der Waals surface area contributed by atoms with Crippen molar-refractivity contribution in [2.24, 2.45) is 0 Å². The van der Waals surface area contributed by atoms with E-state index in [2.05, 4.69) is 5.32 Å². The molecule has 4 heteroatoms. The number of aliphatic hydroxyl groups excluding tert-OH is 1. The van der Waals surface area contributed by atoms with Crippen LogP contribution in [0.3, 0.4) is 0 Å². The summed E-state index contributed by atoms with van der Waals surface area (Å²) in [5.41, 5.74) is 0.916. The van der Waals surface area contributed by atoms with Gasteiger partial charge >= 0.3 is 0 Å². The summed E-state index contributed by atoms with van der Waals surface area (Å²) in [6.45, 7) is 3.26. The van der Waals surface area contributed by atoms with Gasteiger partial charge in [-0.1, -0.05) is 24.3 Å². The van der Waals surface area contributed by atoms with E-state index < -0.39 is 6.10 Å². The Labute approximate surface area is 125 Å². The standard InChI is InChI=1S/C17H21NO3/c1-2-20-17-10-6-7-14(11-17)18-12-15(19)13-21-16-8-4-3-5-9-16/h3-11,15,18-19H,2,12-13H2,1H3. The van der Waals surface area contributed by atoms with Gasteiger partial charge in [0.15, 0.2) is 0 Å². The van der Waals surface area contributed by atoms with Crippen LogP contribution in [-0.2, 0) is 0 Å². The van der Waals surface area contributed by atoms with Crippen molar-refractivity contribution in [2.45, 2.75) is 13.0 Å². The van der Waals surface area contributed by atoms with Crippen LogP contribution in [0.1, 0.15) is 6.92 Å². The largest absolute Gasteiger partial charge is 0.494 e. The molecule has 21 heavy (non-hydrogen) atoms. The highest BCUT2D eigenvalue weighted by atomic mass is 16.5. The zero-order valence-electron chi connectivity index (χ0n) is 12.2. The van der Waals surface area contributed by atoms with Crippen molar-refractivity contribution in [1.29, 1.82) is 0 Å². The lowest BCUT2D eigenvalue weighted by Gasteiger charge is -2.14. The van der Waals surface area contributed by atoms with E-state index in [0.29, 0.717) is 13.2 Å². The van der Waals surface area contributed by atoms with E-state index in [0.717, 1.165) is 17.2 Å². The van der Waals surface area contributed by atoms with Crippen LogP contribution in [0.25, 0.3) is 0 Å². The second-order valence-electron chi connectivity index (χ2n) is 4.62. The van der Waals surface area contributed by atoms with Crippen LogP contribution in [-0.4, -0.2) is 31.0 Å². The summed E-state index contributed by atoms with van der Waals surface area (Å²) in [7, 11) is 0. The van der Waals surface area contributed by atoms with E-state index in [1.807, 2.05) is 61.5 Å². The van der Waals surface area contributed by atoms with Crippen molar-refractivity contribution in [1.82, 2.24) is 0 Å². The number of anilines is 1. The first-order chi connectivity index (χ1) is 10.3. The van der Waals surface area contributed by atoms with Crippen molar-refractivity contribution in [2.75, 3.05) is 25.1 Å². The Hall–Kier alpha value is -2.20. The maximum atomic E-state index is 9.93. The van der Waals surface area contributed by atoms with E-state index in [-0.39, 0.29) is 6.61 Å². The topological polar surface area (TPSA) is 50.7 Å². The minimum atomic E-state index is -0.582. The molecule has 2 aromatic carbocycles. The van der Waals surface area contributed by atoms with E-state index in [9.17, 15) is 5.11 Å². The van der Waals surface area contributed by atoms with Gasteiger partial charge in [0.1, 0.15) is 24.2 Å². The van der Waals surface area contributed by atoms with Gasteiger partial charge < -0.3 is 19.9 Å². The predicted molar refractivity (Wildman–Crippen MR) is 84.0 cm³/mol. The average Bonchev–Trinajstić information content (AvgIpc) is 2.53. The van der Waals surface area contributed by atoms with Gasteiger partial charge in [0.25, 0.3) is 0 Å². The summed E-state index contributed by atoms with van der Waals surface area (Å²) in [4.78, 5) is 0. The van der Waals surface area contributed by atoms with Crippen LogP contribution in [0.5, 0.6) is 11.5 Å². The summed E-state index contributed by atoms with van der Waals surface area (Å²) in [6.07, 6.45) is -0.582. The van der Waals surface area contributed by atoms with Crippen LogP contribution in [0.2, 0.25) is 0 Å². The molecule has 1 unspecified atom stereocenters. The first-order valence-corrected chi connectivity index (χ1v) is 7.10. The van der Waals surface area contributed by atoms with Gasteiger partial charge in [0, 0.05) is 18.3 Å². The summed E-state index contributed by atoms with van der Waals surface area (Å²) in [5, 5.41) is 13.1. The van der Waals surface area contributed by atoms with Crippen LogP contribution < -0.4 is 14.8 Å². The summed E-state index contributed by atoms with van der Waals surface area (Å²) >= 11 is 0. The van der Waals surface area contributed by atoms with Gasteiger partial charge in [-0.15, -0.1) is 0 Å². The zero-order chi connectivity index (χ0) is 14.9. The number of hydrogen-bond donors (Lipinski definition) is 2. The Balaban J connectivity index is 1.75. The lowest BCUT2D eigenvalue weighted by atomic mass is 10.3. The molecule has 0 bridgehead atoms. The predicted octanol–water partition coefficient (Wildman–Crippen LogP) is 2.94. The smallest absolute Gasteiger partial charge is 0.121 e. The van der Waals surface area contributed by atoms with Crippen LogP contribution in [0.4, 0.5) is 5.69 Å². The molecule has 0 amide bonds. The van der Waals surface area contributed by atoms with Crippen molar-refractivity contribution in [3.8, 4) is 11.5 Å². The highest BCUT2D eigenvalue weighted by molar-refractivity contribution is 5.48. The van der Waals surface area contributed by atoms with E-state index in [4.69, 9.17) is 9.47 Å². The number of ether oxygens (including phenoxy) is 2. The normalized spacial score (nSPS) is 11.7. The Morgan fingerprint density at radius 2 is 1.76 bits per heavy atom. The molecule has 112 valence electrons. The minimum absolute atomic E-state index is 0.252. The molecule has 0 aliphatic carbocycles. The number of para-hydroxylation sites is 1. The van der Waals surface area contributed by atoms with Crippen LogP contribution in [0.15, 0.2) is 54.6 Å². The molecule has 2 N–H and O–H groups in total. The maximum absolute atomic E-state index is 9.93. The van der Waals surface area contributed by atoms with Gasteiger partial charge in [0.05, 0.1) is 6.61 Å². The SMILES string of the molecule is CCOc1cccc(NCC(O)COc2ccccc2)c1. The van der Waals surface area contributed by atoms with E-state index >= 15 is 0 Å². The highest BCUT2D eigenvalue weighted by Gasteiger charge is 2.05. The monoisotopic (exact) mass is 287 g/mol. The molecule has 0 heterocycles. The first kappa shape index (κ1) is 15.2. The fraction of sp³-hybridized carbons (Fsp3) is 0.294. The second-order valence-corrected chi connectivity index (χ2v) is 4.62. The van der Waals surface area contributed by atoms with Crippen LogP contribution >= 0.6 is 0 Å². The number of hydrogen-bond acceptors (Lipinski definition) is 4. The molecular formula is C17H21NO3. The molecule has 4 nitrogen and oxygen atoms in total. The second kappa shape index (κ2) is 8.17. The van der Waals surface area contributed by atoms with Crippen LogP contribution in [0, 0.1) is 0 Å². The Morgan fingerprint density at radius 1 is 1.00 bits per heavy atom. The van der Waals surface area contributed by atoms with Crippen molar-refractivity contribution >= 4 is 5.69 Å². The molecule has 0 fully saturated rings. The average molecular weight is 287 g/mol. The molecule has 0 saturated carbocycles. The van der Waals surface area contributed by atoms with Gasteiger partial charge in [-0.3, -0.25) is 0 Å². The van der Waals surface area contributed by atoms with E-state index in [1.165, 1.54) is 0 Å². The van der Waals surface area contributed by atoms with Gasteiger partial charge in [0.2, 0.25) is 0 Å². The lowest BCUT2D eigenvalue weighted by molar-refractivity contribution is 0.117. The molecule has 2 aromatic rings. The lowest BCUT2D eigenvalue weighted by Crippen LogP contribution is -2.26. The molecule has 1 atom stereocenters. The summed E-state index contributed by atoms with van der Waals surface area (Å²) in [6, 6.07) is 17.1. The highest BCUT2D eigenvalue weighted by Crippen LogP contribution is 2.17. The third-order valence-electron chi connectivity index (χ3n) is 2.87. The van der Waals surface area contributed by atoms with E-state index in [1.54, 1.807) is 0 Å². The van der Waals surface area contributed by atoms with Crippen molar-refractivity contribution in [3.63, 3.8) is 0 Å². The fourth-order valence-electron chi connectivity index (χ4n) is 1.87. The zero-order valence-corrected chi connectivity index (χ0v) is 12.2. The van der Waals surface area contributed by atoms with Gasteiger partial charge in [-0.25, -0.2) is 0 Å². The van der Waals surface area contributed by atoms with Crippen molar-refractivity contribution < 1.29 is 14.6 Å². The first-order valence-electron chi connectivity index (χ1n) is 7.10. The van der Waals surface area contributed by atoms with Gasteiger partial charge in [-0.2, -0.15) is 0 Å². The molecule has 0 aliphatic heterocycles. The Kier molecular flexibility index (Phi) is 5.91. The summed E-state index contributed by atoms with van der Waals surface area (Å²) < 4.78 is 10.9. The Morgan fingerprint density at radius 3 is 2.52 bits per heavy atom. The maximum Gasteiger partial charge on any atom is 0.121 e. The summed E-state index contributed by atoms with van der Waals surface area (Å²) in [5.74, 6) is 1.58. The number of rotatable bonds is 8. The fourth-order valence-corrected chi connectivity index (χ4v) is 1.87. The van der Waals surface area contributed by atoms with Crippen molar-refractivity contribution in [3.05, 3.63) is 54.6 Å².